The first-order valence-corrected chi connectivity index (χ1v) is 8.58. The van der Waals surface area contributed by atoms with E-state index in [1.165, 1.54) is 30.5 Å². The SMILES string of the molecule is CCc1ccc(CCNC(N)=NCC2CCCN2CC)cc1. The molecule has 1 aromatic rings. The molecule has 2 rings (SSSR count). The van der Waals surface area contributed by atoms with E-state index in [2.05, 4.69) is 53.3 Å². The number of nitrogens with one attached hydrogen (secondary N) is 1. The molecule has 1 aliphatic heterocycles. The molecule has 1 saturated heterocycles. The Morgan fingerprint density at radius 3 is 2.68 bits per heavy atom. The summed E-state index contributed by atoms with van der Waals surface area (Å²) in [6, 6.07) is 9.38. The highest BCUT2D eigenvalue weighted by atomic mass is 15.2. The number of hydrogen-bond acceptors (Lipinski definition) is 2. The molecule has 0 aromatic heterocycles. The summed E-state index contributed by atoms with van der Waals surface area (Å²) in [5.74, 6) is 0.577. The topological polar surface area (TPSA) is 53.6 Å². The lowest BCUT2D eigenvalue weighted by molar-refractivity contribution is 0.273. The fourth-order valence-corrected chi connectivity index (χ4v) is 3.05. The minimum absolute atomic E-state index is 0.576. The number of likely N-dealkylation sites (tertiary alicyclic amines) is 1. The zero-order chi connectivity index (χ0) is 15.8. The van der Waals surface area contributed by atoms with Crippen LogP contribution in [0, 0.1) is 0 Å². The summed E-state index contributed by atoms with van der Waals surface area (Å²) < 4.78 is 0. The minimum Gasteiger partial charge on any atom is -0.370 e. The third-order valence-corrected chi connectivity index (χ3v) is 4.53. The van der Waals surface area contributed by atoms with Crippen molar-refractivity contribution in [3.63, 3.8) is 0 Å². The molecule has 0 spiro atoms. The molecule has 1 aliphatic rings. The summed E-state index contributed by atoms with van der Waals surface area (Å²) >= 11 is 0. The van der Waals surface area contributed by atoms with Crippen molar-refractivity contribution >= 4 is 5.96 Å². The number of hydrogen-bond donors (Lipinski definition) is 2. The lowest BCUT2D eigenvalue weighted by Crippen LogP contribution is -2.36. The molecule has 0 radical (unpaired) electrons. The highest BCUT2D eigenvalue weighted by Gasteiger charge is 2.22. The van der Waals surface area contributed by atoms with Gasteiger partial charge in [0.15, 0.2) is 5.96 Å². The lowest BCUT2D eigenvalue weighted by atomic mass is 10.1. The van der Waals surface area contributed by atoms with E-state index in [4.69, 9.17) is 5.73 Å². The fourth-order valence-electron chi connectivity index (χ4n) is 3.05. The molecule has 4 heteroatoms. The van der Waals surface area contributed by atoms with Gasteiger partial charge in [-0.15, -0.1) is 0 Å². The van der Waals surface area contributed by atoms with Crippen LogP contribution in [0.4, 0.5) is 0 Å². The zero-order valence-electron chi connectivity index (χ0n) is 14.0. The molecular formula is C18H30N4. The molecule has 0 amide bonds. The maximum Gasteiger partial charge on any atom is 0.188 e. The van der Waals surface area contributed by atoms with Crippen LogP contribution >= 0.6 is 0 Å². The van der Waals surface area contributed by atoms with Gasteiger partial charge in [-0.1, -0.05) is 38.1 Å². The van der Waals surface area contributed by atoms with E-state index in [1.807, 2.05) is 0 Å². The van der Waals surface area contributed by atoms with Gasteiger partial charge in [0.05, 0.1) is 6.54 Å². The number of benzene rings is 1. The summed E-state index contributed by atoms with van der Waals surface area (Å²) in [5.41, 5.74) is 8.69. The molecule has 1 atom stereocenters. The Balaban J connectivity index is 1.70. The van der Waals surface area contributed by atoms with Gasteiger partial charge in [-0.05, 0) is 49.9 Å². The van der Waals surface area contributed by atoms with Crippen molar-refractivity contribution < 1.29 is 0 Å². The number of rotatable bonds is 7. The predicted molar refractivity (Wildman–Crippen MR) is 94.3 cm³/mol. The molecule has 122 valence electrons. The van der Waals surface area contributed by atoms with Gasteiger partial charge in [0.25, 0.3) is 0 Å². The van der Waals surface area contributed by atoms with E-state index in [1.54, 1.807) is 0 Å². The number of nitrogens with two attached hydrogens (primary N) is 1. The van der Waals surface area contributed by atoms with Gasteiger partial charge >= 0.3 is 0 Å². The Labute approximate surface area is 134 Å². The molecule has 0 saturated carbocycles. The minimum atomic E-state index is 0.576. The van der Waals surface area contributed by atoms with Crippen LogP contribution in [0.5, 0.6) is 0 Å². The molecule has 1 fully saturated rings. The van der Waals surface area contributed by atoms with Gasteiger partial charge in [-0.3, -0.25) is 9.89 Å². The van der Waals surface area contributed by atoms with E-state index >= 15 is 0 Å². The maximum absolute atomic E-state index is 5.97. The van der Waals surface area contributed by atoms with Gasteiger partial charge in [0, 0.05) is 12.6 Å². The van der Waals surface area contributed by atoms with Crippen molar-refractivity contribution in [3.05, 3.63) is 35.4 Å². The first-order chi connectivity index (χ1) is 10.7. The number of likely N-dealkylation sites (N-methyl/N-ethyl adjacent to an activating group) is 1. The standard InChI is InChI=1S/C18H30N4/c1-3-15-7-9-16(10-8-15)11-12-20-18(19)21-14-17-6-5-13-22(17)4-2/h7-10,17H,3-6,11-14H2,1-2H3,(H3,19,20,21). The summed E-state index contributed by atoms with van der Waals surface area (Å²) in [6.07, 6.45) is 4.60. The van der Waals surface area contributed by atoms with Crippen molar-refractivity contribution in [3.8, 4) is 0 Å². The largest absolute Gasteiger partial charge is 0.370 e. The molecular weight excluding hydrogens is 272 g/mol. The van der Waals surface area contributed by atoms with Crippen LogP contribution in [0.3, 0.4) is 0 Å². The van der Waals surface area contributed by atoms with E-state index < -0.39 is 0 Å². The van der Waals surface area contributed by atoms with Crippen LogP contribution in [0.15, 0.2) is 29.3 Å². The predicted octanol–water partition coefficient (Wildman–Crippen LogP) is 2.18. The quantitative estimate of drug-likeness (QED) is 0.599. The molecule has 4 nitrogen and oxygen atoms in total. The van der Waals surface area contributed by atoms with Gasteiger partial charge in [0.1, 0.15) is 0 Å². The molecule has 0 aliphatic carbocycles. The summed E-state index contributed by atoms with van der Waals surface area (Å²) in [4.78, 5) is 7.00. The van der Waals surface area contributed by atoms with Crippen molar-refractivity contribution in [2.24, 2.45) is 10.7 Å². The number of aryl methyl sites for hydroxylation is 1. The Bertz CT molecular complexity index is 466. The average Bonchev–Trinajstić information content (AvgIpc) is 3.01. The van der Waals surface area contributed by atoms with Gasteiger partial charge in [-0.2, -0.15) is 0 Å². The van der Waals surface area contributed by atoms with E-state index in [0.29, 0.717) is 12.0 Å². The zero-order valence-corrected chi connectivity index (χ0v) is 14.0. The van der Waals surface area contributed by atoms with Crippen LogP contribution in [-0.4, -0.2) is 43.1 Å². The third-order valence-electron chi connectivity index (χ3n) is 4.53. The fraction of sp³-hybridized carbons (Fsp3) is 0.611. The first kappa shape index (κ1) is 16.8. The van der Waals surface area contributed by atoms with Crippen molar-refractivity contribution in [2.45, 2.75) is 45.6 Å². The Morgan fingerprint density at radius 2 is 2.00 bits per heavy atom. The second-order valence-corrected chi connectivity index (χ2v) is 6.00. The monoisotopic (exact) mass is 302 g/mol. The second kappa shape index (κ2) is 8.79. The highest BCUT2D eigenvalue weighted by Crippen LogP contribution is 2.16. The molecule has 1 heterocycles. The van der Waals surface area contributed by atoms with Crippen molar-refractivity contribution in [1.29, 1.82) is 0 Å². The number of guanidine groups is 1. The Kier molecular flexibility index (Phi) is 6.72. The van der Waals surface area contributed by atoms with E-state index in [0.717, 1.165) is 32.5 Å². The number of nitrogens with zero attached hydrogens (tertiary/aromatic N) is 2. The maximum atomic E-state index is 5.97. The van der Waals surface area contributed by atoms with Gasteiger partial charge in [0.2, 0.25) is 0 Å². The number of aliphatic imine (C=N–C) groups is 1. The van der Waals surface area contributed by atoms with Crippen molar-refractivity contribution in [1.82, 2.24) is 10.2 Å². The molecule has 1 aromatic carbocycles. The smallest absolute Gasteiger partial charge is 0.188 e. The lowest BCUT2D eigenvalue weighted by Gasteiger charge is -2.20. The Hall–Kier alpha value is -1.55. The normalized spacial score (nSPS) is 19.5. The van der Waals surface area contributed by atoms with Crippen LogP contribution in [0.1, 0.15) is 37.8 Å². The molecule has 1 unspecified atom stereocenters. The summed E-state index contributed by atoms with van der Waals surface area (Å²) in [5, 5.41) is 3.23. The van der Waals surface area contributed by atoms with Crippen LogP contribution < -0.4 is 11.1 Å². The van der Waals surface area contributed by atoms with Gasteiger partial charge < -0.3 is 11.1 Å². The van der Waals surface area contributed by atoms with Crippen LogP contribution in [-0.2, 0) is 12.8 Å². The molecule has 22 heavy (non-hydrogen) atoms. The summed E-state index contributed by atoms with van der Waals surface area (Å²) in [6.45, 7) is 8.37. The molecule has 0 bridgehead atoms. The second-order valence-electron chi connectivity index (χ2n) is 6.00. The first-order valence-electron chi connectivity index (χ1n) is 8.58. The molecule has 3 N–H and O–H groups in total. The van der Waals surface area contributed by atoms with Crippen molar-refractivity contribution in [2.75, 3.05) is 26.2 Å². The Morgan fingerprint density at radius 1 is 1.27 bits per heavy atom. The van der Waals surface area contributed by atoms with Gasteiger partial charge in [-0.25, -0.2) is 0 Å². The van der Waals surface area contributed by atoms with E-state index in [-0.39, 0.29) is 0 Å². The average molecular weight is 302 g/mol. The van der Waals surface area contributed by atoms with E-state index in [9.17, 15) is 0 Å². The third kappa shape index (κ3) is 5.02. The highest BCUT2D eigenvalue weighted by molar-refractivity contribution is 5.77. The van der Waals surface area contributed by atoms with Crippen LogP contribution in [0.25, 0.3) is 0 Å². The van der Waals surface area contributed by atoms with Crippen LogP contribution in [0.2, 0.25) is 0 Å². The summed E-state index contributed by atoms with van der Waals surface area (Å²) in [7, 11) is 0.